The van der Waals surface area contributed by atoms with Crippen molar-refractivity contribution in [3.05, 3.63) is 0 Å². The molecule has 0 aromatic carbocycles. The van der Waals surface area contributed by atoms with Gasteiger partial charge in [-0.25, -0.2) is 0 Å². The molecule has 1 aliphatic rings. The minimum Gasteiger partial charge on any atom is -0.0654 e. The van der Waals surface area contributed by atoms with Crippen molar-refractivity contribution in [2.75, 3.05) is 0 Å². The predicted octanol–water partition coefficient (Wildman–Crippen LogP) is 5.42. The fourth-order valence-electron chi connectivity index (χ4n) is 1.59. The van der Waals surface area contributed by atoms with Crippen LogP contribution in [0.1, 0.15) is 79.1 Å². The largest absolute Gasteiger partial charge is 0.0654 e. The Labute approximate surface area is 91.5 Å². The summed E-state index contributed by atoms with van der Waals surface area (Å²) in [5.41, 5.74) is 0. The van der Waals surface area contributed by atoms with Crippen LogP contribution in [0.15, 0.2) is 0 Å². The fourth-order valence-corrected chi connectivity index (χ4v) is 1.59. The first-order valence-electron chi connectivity index (χ1n) is 6.66. The van der Waals surface area contributed by atoms with Gasteiger partial charge in [0.2, 0.25) is 0 Å². The Bertz CT molecular complexity index is 101. The molecular formula is C14H30. The van der Waals surface area contributed by atoms with Crippen molar-refractivity contribution in [2.24, 2.45) is 11.8 Å². The van der Waals surface area contributed by atoms with Gasteiger partial charge in [-0.15, -0.1) is 0 Å². The van der Waals surface area contributed by atoms with Crippen LogP contribution in [0.3, 0.4) is 0 Å². The van der Waals surface area contributed by atoms with E-state index in [0.29, 0.717) is 0 Å². The second-order valence-electron chi connectivity index (χ2n) is 5.28. The van der Waals surface area contributed by atoms with Gasteiger partial charge in [0.1, 0.15) is 0 Å². The molecule has 0 aromatic rings. The van der Waals surface area contributed by atoms with E-state index in [0.717, 1.165) is 11.8 Å². The number of hydrogen-bond acceptors (Lipinski definition) is 0. The van der Waals surface area contributed by atoms with E-state index >= 15 is 0 Å². The summed E-state index contributed by atoms with van der Waals surface area (Å²) in [6, 6.07) is 0. The van der Waals surface area contributed by atoms with Gasteiger partial charge in [0.05, 0.1) is 0 Å². The van der Waals surface area contributed by atoms with E-state index in [-0.39, 0.29) is 0 Å². The van der Waals surface area contributed by atoms with E-state index in [1.807, 2.05) is 0 Å². The summed E-state index contributed by atoms with van der Waals surface area (Å²) in [4.78, 5) is 0. The van der Waals surface area contributed by atoms with Crippen LogP contribution >= 0.6 is 0 Å². The first-order valence-corrected chi connectivity index (χ1v) is 6.66. The maximum atomic E-state index is 2.31. The van der Waals surface area contributed by atoms with Gasteiger partial charge in [0.25, 0.3) is 0 Å². The van der Waals surface area contributed by atoms with Crippen LogP contribution < -0.4 is 0 Å². The van der Waals surface area contributed by atoms with Crippen molar-refractivity contribution in [3.63, 3.8) is 0 Å². The lowest BCUT2D eigenvalue weighted by atomic mass is 9.88. The Balaban J connectivity index is 0.000000280. The SMILES string of the molecule is CC1CCC1.CCCCCCC(C)C. The highest BCUT2D eigenvalue weighted by atomic mass is 14.1. The summed E-state index contributed by atoms with van der Waals surface area (Å²) in [6.45, 7) is 9.16. The molecule has 0 unspecified atom stereocenters. The van der Waals surface area contributed by atoms with Gasteiger partial charge in [-0.05, 0) is 11.8 Å². The molecule has 0 heteroatoms. The van der Waals surface area contributed by atoms with Crippen molar-refractivity contribution >= 4 is 0 Å². The monoisotopic (exact) mass is 198 g/mol. The lowest BCUT2D eigenvalue weighted by Crippen LogP contribution is -2.04. The summed E-state index contributed by atoms with van der Waals surface area (Å²) in [7, 11) is 0. The van der Waals surface area contributed by atoms with Crippen LogP contribution in [0, 0.1) is 11.8 Å². The molecule has 0 aliphatic heterocycles. The van der Waals surface area contributed by atoms with E-state index in [9.17, 15) is 0 Å². The summed E-state index contributed by atoms with van der Waals surface area (Å²) >= 11 is 0. The molecule has 86 valence electrons. The number of unbranched alkanes of at least 4 members (excludes halogenated alkanes) is 3. The van der Waals surface area contributed by atoms with Crippen molar-refractivity contribution < 1.29 is 0 Å². The lowest BCUT2D eigenvalue weighted by Gasteiger charge is -2.18. The first kappa shape index (κ1) is 14.0. The third-order valence-corrected chi connectivity index (χ3v) is 3.03. The standard InChI is InChI=1S/C9H20.C5H10/c1-4-5-6-7-8-9(2)3;1-5-3-2-4-5/h9H,4-8H2,1-3H3;5H,2-4H2,1H3. The third kappa shape index (κ3) is 10.1. The Morgan fingerprint density at radius 2 is 1.64 bits per heavy atom. The van der Waals surface area contributed by atoms with Crippen molar-refractivity contribution in [2.45, 2.75) is 79.1 Å². The molecule has 1 rings (SSSR count). The normalized spacial score (nSPS) is 16.1. The Kier molecular flexibility index (Phi) is 9.55. The molecule has 0 heterocycles. The van der Waals surface area contributed by atoms with E-state index < -0.39 is 0 Å². The van der Waals surface area contributed by atoms with Gasteiger partial charge in [0.15, 0.2) is 0 Å². The average Bonchev–Trinajstić information content (AvgIpc) is 2.10. The second kappa shape index (κ2) is 9.55. The van der Waals surface area contributed by atoms with Gasteiger partial charge in [0, 0.05) is 0 Å². The van der Waals surface area contributed by atoms with Crippen LogP contribution in [0.25, 0.3) is 0 Å². The average molecular weight is 198 g/mol. The van der Waals surface area contributed by atoms with Crippen LogP contribution in [-0.2, 0) is 0 Å². The number of rotatable bonds is 5. The predicted molar refractivity (Wildman–Crippen MR) is 66.6 cm³/mol. The third-order valence-electron chi connectivity index (χ3n) is 3.03. The molecule has 0 amide bonds. The molecule has 0 N–H and O–H groups in total. The summed E-state index contributed by atoms with van der Waals surface area (Å²) in [5.74, 6) is 1.97. The lowest BCUT2D eigenvalue weighted by molar-refractivity contribution is 0.346. The number of hydrogen-bond donors (Lipinski definition) is 0. The van der Waals surface area contributed by atoms with Crippen LogP contribution in [0.5, 0.6) is 0 Å². The second-order valence-corrected chi connectivity index (χ2v) is 5.28. The highest BCUT2D eigenvalue weighted by Crippen LogP contribution is 2.24. The van der Waals surface area contributed by atoms with Crippen molar-refractivity contribution in [1.29, 1.82) is 0 Å². The highest BCUT2D eigenvalue weighted by molar-refractivity contribution is 4.62. The van der Waals surface area contributed by atoms with Crippen molar-refractivity contribution in [1.82, 2.24) is 0 Å². The van der Waals surface area contributed by atoms with Crippen LogP contribution in [-0.4, -0.2) is 0 Å². The molecule has 0 spiro atoms. The Morgan fingerprint density at radius 3 is 1.93 bits per heavy atom. The molecule has 1 saturated carbocycles. The molecule has 0 nitrogen and oxygen atoms in total. The minimum atomic E-state index is 0.904. The van der Waals surface area contributed by atoms with Gasteiger partial charge >= 0.3 is 0 Å². The quantitative estimate of drug-likeness (QED) is 0.517. The molecule has 1 aliphatic carbocycles. The van der Waals surface area contributed by atoms with Gasteiger partial charge in [-0.2, -0.15) is 0 Å². The summed E-state index contributed by atoms with van der Waals surface area (Å²) < 4.78 is 0. The maximum absolute atomic E-state index is 2.31. The summed E-state index contributed by atoms with van der Waals surface area (Å²) in [6.07, 6.45) is 11.5. The van der Waals surface area contributed by atoms with Crippen LogP contribution in [0.4, 0.5) is 0 Å². The smallest absolute Gasteiger partial charge is 0.0443 e. The Hall–Kier alpha value is 0. The first-order chi connectivity index (χ1) is 6.66. The molecule has 0 aromatic heterocycles. The maximum Gasteiger partial charge on any atom is -0.0443 e. The molecule has 14 heavy (non-hydrogen) atoms. The molecule has 0 bridgehead atoms. The zero-order chi connectivity index (χ0) is 10.8. The van der Waals surface area contributed by atoms with E-state index in [1.54, 1.807) is 0 Å². The van der Waals surface area contributed by atoms with Gasteiger partial charge < -0.3 is 0 Å². The fraction of sp³-hybridized carbons (Fsp3) is 1.00. The molecular weight excluding hydrogens is 168 g/mol. The molecule has 1 fully saturated rings. The Morgan fingerprint density at radius 1 is 1.07 bits per heavy atom. The van der Waals surface area contributed by atoms with Gasteiger partial charge in [-0.3, -0.25) is 0 Å². The zero-order valence-electron chi connectivity index (χ0n) is 10.8. The van der Waals surface area contributed by atoms with E-state index in [1.165, 1.54) is 51.4 Å². The van der Waals surface area contributed by atoms with E-state index in [4.69, 9.17) is 0 Å². The topological polar surface area (TPSA) is 0 Å². The van der Waals surface area contributed by atoms with E-state index in [2.05, 4.69) is 27.7 Å². The molecule has 0 saturated heterocycles. The molecule has 0 atom stereocenters. The van der Waals surface area contributed by atoms with Crippen LogP contribution in [0.2, 0.25) is 0 Å². The van der Waals surface area contributed by atoms with Gasteiger partial charge in [-0.1, -0.05) is 79.1 Å². The highest BCUT2D eigenvalue weighted by Gasteiger charge is 2.09. The zero-order valence-corrected chi connectivity index (χ0v) is 10.8. The minimum absolute atomic E-state index is 0.904. The molecule has 0 radical (unpaired) electrons. The van der Waals surface area contributed by atoms with Crippen molar-refractivity contribution in [3.8, 4) is 0 Å². The summed E-state index contributed by atoms with van der Waals surface area (Å²) in [5, 5.41) is 0.